The smallest absolute Gasteiger partial charge is 0.551 e. The van der Waals surface area contributed by atoms with Crippen LogP contribution in [0.25, 0.3) is 0 Å². The molecule has 1 aliphatic heterocycles. The van der Waals surface area contributed by atoms with Crippen LogP contribution in [0.4, 0.5) is 0 Å². The zero-order valence-corrected chi connectivity index (χ0v) is 11.3. The SMILES string of the molecule is N[C-]1CCOc2ccccc21.[CH3-].[K+]. The third kappa shape index (κ3) is 2.97. The molecule has 0 bridgehead atoms. The van der Waals surface area contributed by atoms with Gasteiger partial charge in [0, 0.05) is 5.75 Å². The van der Waals surface area contributed by atoms with Crippen molar-refractivity contribution in [3.05, 3.63) is 43.3 Å². The standard InChI is InChI=1S/C9H10NO.CH3.K/c10-8-5-6-11-9-4-2-1-3-7(8)9;;/h1-4H,5-6,10H2;1H3;/q2*-1;+1. The minimum atomic E-state index is 0. The number of nitrogens with two attached hydrogens (primary N) is 1. The molecule has 2 N–H and O–H groups in total. The molecule has 2 rings (SSSR count). The van der Waals surface area contributed by atoms with E-state index in [1.54, 1.807) is 0 Å². The van der Waals surface area contributed by atoms with E-state index in [4.69, 9.17) is 10.5 Å². The van der Waals surface area contributed by atoms with Crippen LogP contribution < -0.4 is 61.9 Å². The molecule has 66 valence electrons. The molecule has 0 unspecified atom stereocenters. The Morgan fingerprint density at radius 3 is 2.69 bits per heavy atom. The Bertz CT molecular complexity index is 265. The number of rotatable bonds is 0. The van der Waals surface area contributed by atoms with E-state index in [-0.39, 0.29) is 58.8 Å². The molecule has 0 amide bonds. The minimum absolute atomic E-state index is 0. The predicted molar refractivity (Wildman–Crippen MR) is 49.5 cm³/mol. The quantitative estimate of drug-likeness (QED) is 0.422. The van der Waals surface area contributed by atoms with E-state index < -0.39 is 0 Å². The van der Waals surface area contributed by atoms with Gasteiger partial charge in [-0.2, -0.15) is 6.07 Å². The molecule has 1 aromatic carbocycles. The van der Waals surface area contributed by atoms with Gasteiger partial charge in [0.15, 0.2) is 0 Å². The van der Waals surface area contributed by atoms with Crippen LogP contribution in [-0.2, 0) is 0 Å². The van der Waals surface area contributed by atoms with Gasteiger partial charge in [-0.1, -0.05) is 12.1 Å². The van der Waals surface area contributed by atoms with Gasteiger partial charge in [-0.05, 0) is 6.42 Å². The molecule has 3 heteroatoms. The van der Waals surface area contributed by atoms with Crippen molar-refractivity contribution < 1.29 is 56.1 Å². The van der Waals surface area contributed by atoms with Crippen molar-refractivity contribution in [3.8, 4) is 5.75 Å². The molecule has 0 aromatic heterocycles. The van der Waals surface area contributed by atoms with Gasteiger partial charge in [-0.15, -0.1) is 17.7 Å². The third-order valence-corrected chi connectivity index (χ3v) is 1.86. The maximum atomic E-state index is 5.78. The van der Waals surface area contributed by atoms with E-state index in [1.807, 2.05) is 24.3 Å². The second kappa shape index (κ2) is 6.06. The molecule has 0 aliphatic carbocycles. The Hall–Kier alpha value is 0.486. The van der Waals surface area contributed by atoms with Gasteiger partial charge in [0.1, 0.15) is 0 Å². The van der Waals surface area contributed by atoms with Crippen LogP contribution in [0.15, 0.2) is 24.3 Å². The van der Waals surface area contributed by atoms with Crippen LogP contribution >= 0.6 is 0 Å². The average Bonchev–Trinajstić information content (AvgIpc) is 2.06. The second-order valence-electron chi connectivity index (χ2n) is 2.62. The fourth-order valence-electron chi connectivity index (χ4n) is 1.26. The first-order valence-corrected chi connectivity index (χ1v) is 3.71. The van der Waals surface area contributed by atoms with Crippen molar-refractivity contribution in [1.29, 1.82) is 0 Å². The number of benzene rings is 1. The third-order valence-electron chi connectivity index (χ3n) is 1.86. The molecule has 0 atom stereocenters. The number of para-hydroxylation sites is 1. The van der Waals surface area contributed by atoms with Crippen molar-refractivity contribution >= 4 is 0 Å². The van der Waals surface area contributed by atoms with Gasteiger partial charge < -0.3 is 17.9 Å². The van der Waals surface area contributed by atoms with Crippen LogP contribution in [0.1, 0.15) is 12.0 Å². The Balaban J connectivity index is 0.000000720. The summed E-state index contributed by atoms with van der Waals surface area (Å²) in [7, 11) is 0. The molecule has 0 spiro atoms. The van der Waals surface area contributed by atoms with Crippen LogP contribution in [-0.4, -0.2) is 6.61 Å². The molecule has 1 aromatic rings. The average molecular weight is 202 g/mol. The van der Waals surface area contributed by atoms with Crippen molar-refractivity contribution in [2.24, 2.45) is 5.73 Å². The maximum Gasteiger partial charge on any atom is 1.00 e. The molecule has 0 saturated carbocycles. The normalized spacial score (nSPS) is 13.2. The Labute approximate surface area is 122 Å². The molecular weight excluding hydrogens is 189 g/mol. The monoisotopic (exact) mass is 202 g/mol. The van der Waals surface area contributed by atoms with Crippen molar-refractivity contribution in [1.82, 2.24) is 0 Å². The van der Waals surface area contributed by atoms with Crippen molar-refractivity contribution in [3.63, 3.8) is 0 Å². The minimum Gasteiger partial charge on any atom is -0.551 e. The van der Waals surface area contributed by atoms with Crippen LogP contribution in [0.3, 0.4) is 0 Å². The zero-order chi connectivity index (χ0) is 7.68. The largest absolute Gasteiger partial charge is 1.00 e. The molecular formula is C10H13KNO-. The topological polar surface area (TPSA) is 35.2 Å². The van der Waals surface area contributed by atoms with E-state index in [0.717, 1.165) is 23.8 Å². The molecule has 0 saturated heterocycles. The van der Waals surface area contributed by atoms with Gasteiger partial charge in [0.05, 0.1) is 6.61 Å². The molecule has 2 nitrogen and oxygen atoms in total. The summed E-state index contributed by atoms with van der Waals surface area (Å²) in [4.78, 5) is 0. The van der Waals surface area contributed by atoms with Gasteiger partial charge in [0.25, 0.3) is 0 Å². The summed E-state index contributed by atoms with van der Waals surface area (Å²) >= 11 is 0. The van der Waals surface area contributed by atoms with Crippen LogP contribution in [0, 0.1) is 13.5 Å². The van der Waals surface area contributed by atoms with E-state index in [1.165, 1.54) is 0 Å². The molecule has 13 heavy (non-hydrogen) atoms. The maximum absolute atomic E-state index is 5.78. The first kappa shape index (κ1) is 13.5. The zero-order valence-electron chi connectivity index (χ0n) is 8.21. The van der Waals surface area contributed by atoms with Gasteiger partial charge in [-0.3, -0.25) is 0 Å². The summed E-state index contributed by atoms with van der Waals surface area (Å²) < 4.78 is 5.39. The number of hydrogen-bond donors (Lipinski definition) is 1. The van der Waals surface area contributed by atoms with Gasteiger partial charge >= 0.3 is 51.4 Å². The van der Waals surface area contributed by atoms with Crippen molar-refractivity contribution in [2.75, 3.05) is 6.61 Å². The fraction of sp³-hybridized carbons (Fsp3) is 0.200. The van der Waals surface area contributed by atoms with Gasteiger partial charge in [0.2, 0.25) is 0 Å². The Kier molecular flexibility index (Phi) is 6.29. The molecule has 1 aliphatic rings. The van der Waals surface area contributed by atoms with Gasteiger partial charge in [-0.25, -0.2) is 0 Å². The summed E-state index contributed by atoms with van der Waals surface area (Å²) in [5.41, 5.74) is 6.84. The van der Waals surface area contributed by atoms with E-state index in [0.29, 0.717) is 6.61 Å². The number of fused-ring (bicyclic) bond motifs is 1. The van der Waals surface area contributed by atoms with Crippen molar-refractivity contribution in [2.45, 2.75) is 6.42 Å². The summed E-state index contributed by atoms with van der Waals surface area (Å²) in [6.07, 6.45) is 0.844. The van der Waals surface area contributed by atoms with E-state index in [2.05, 4.69) is 0 Å². The number of ether oxygens (including phenoxy) is 1. The first-order valence-electron chi connectivity index (χ1n) is 3.71. The predicted octanol–water partition coefficient (Wildman–Crippen LogP) is -1.24. The first-order chi connectivity index (χ1) is 5.38. The Morgan fingerprint density at radius 1 is 1.31 bits per heavy atom. The van der Waals surface area contributed by atoms with E-state index >= 15 is 0 Å². The second-order valence-corrected chi connectivity index (χ2v) is 2.62. The van der Waals surface area contributed by atoms with Crippen LogP contribution in [0.2, 0.25) is 0 Å². The molecule has 0 fully saturated rings. The summed E-state index contributed by atoms with van der Waals surface area (Å²) in [5.74, 6) is 0.913. The summed E-state index contributed by atoms with van der Waals surface area (Å²) in [6, 6.07) is 8.80. The fourth-order valence-corrected chi connectivity index (χ4v) is 1.26. The molecule has 0 radical (unpaired) electrons. The summed E-state index contributed by atoms with van der Waals surface area (Å²) in [6.45, 7) is 0.711. The van der Waals surface area contributed by atoms with Crippen LogP contribution in [0.5, 0.6) is 5.75 Å². The Morgan fingerprint density at radius 2 is 2.00 bits per heavy atom. The van der Waals surface area contributed by atoms with E-state index in [9.17, 15) is 0 Å². The number of hydrogen-bond acceptors (Lipinski definition) is 2. The molecule has 1 heterocycles. The summed E-state index contributed by atoms with van der Waals surface area (Å²) in [5, 5.41) is 0.